The van der Waals surface area contributed by atoms with Crippen LogP contribution in [0.4, 0.5) is 5.69 Å². The van der Waals surface area contributed by atoms with Crippen molar-refractivity contribution in [2.24, 2.45) is 0 Å². The van der Waals surface area contributed by atoms with E-state index in [-0.39, 0.29) is 21.4 Å². The molecule has 0 bridgehead atoms. The summed E-state index contributed by atoms with van der Waals surface area (Å²) < 4.78 is 10.1. The first-order valence-corrected chi connectivity index (χ1v) is 6.69. The van der Waals surface area contributed by atoms with Crippen LogP contribution >= 0.6 is 23.2 Å². The van der Waals surface area contributed by atoms with Crippen LogP contribution in [-0.2, 0) is 4.74 Å². The number of hydrogen-bond donors (Lipinski definition) is 0. The van der Waals surface area contributed by atoms with Gasteiger partial charge in [-0.05, 0) is 18.2 Å². The van der Waals surface area contributed by atoms with Gasteiger partial charge in [-0.1, -0.05) is 41.4 Å². The summed E-state index contributed by atoms with van der Waals surface area (Å²) in [5.41, 5.74) is -0.786. The van der Waals surface area contributed by atoms with E-state index in [1.807, 2.05) is 0 Å². The van der Waals surface area contributed by atoms with Crippen molar-refractivity contribution >= 4 is 34.9 Å². The van der Waals surface area contributed by atoms with Gasteiger partial charge in [0.2, 0.25) is 5.75 Å². The van der Waals surface area contributed by atoms with Gasteiger partial charge in [0, 0.05) is 0 Å². The Kier molecular flexibility index (Phi) is 4.85. The standard InChI is InChI=1S/C14H9Cl2NO5/c1-21-14(18)9-7-10(15)11(16)12(17(19)20)13(9)22-8-5-3-2-4-6-8/h2-7H,1H3. The van der Waals surface area contributed by atoms with Gasteiger partial charge in [0.1, 0.15) is 16.3 Å². The Hall–Kier alpha value is -2.31. The highest BCUT2D eigenvalue weighted by molar-refractivity contribution is 6.44. The van der Waals surface area contributed by atoms with Gasteiger partial charge in [0.05, 0.1) is 17.1 Å². The minimum absolute atomic E-state index is 0.144. The molecule has 8 heteroatoms. The van der Waals surface area contributed by atoms with Crippen molar-refractivity contribution in [2.75, 3.05) is 7.11 Å². The summed E-state index contributed by atoms with van der Waals surface area (Å²) >= 11 is 11.7. The Morgan fingerprint density at radius 3 is 2.41 bits per heavy atom. The largest absolute Gasteiger partial charge is 0.465 e. The summed E-state index contributed by atoms with van der Waals surface area (Å²) in [5.74, 6) is -0.848. The molecule has 2 aromatic rings. The van der Waals surface area contributed by atoms with E-state index in [2.05, 4.69) is 4.74 Å². The number of nitrogens with zero attached hydrogens (tertiary/aromatic N) is 1. The Morgan fingerprint density at radius 1 is 1.23 bits per heavy atom. The topological polar surface area (TPSA) is 78.7 Å². The zero-order chi connectivity index (χ0) is 16.3. The first-order chi connectivity index (χ1) is 10.5. The smallest absolute Gasteiger partial charge is 0.342 e. The summed E-state index contributed by atoms with van der Waals surface area (Å²) in [6.45, 7) is 0. The third kappa shape index (κ3) is 3.13. The van der Waals surface area contributed by atoms with E-state index in [1.165, 1.54) is 6.07 Å². The highest BCUT2D eigenvalue weighted by Crippen LogP contribution is 2.44. The van der Waals surface area contributed by atoms with Crippen LogP contribution in [0.15, 0.2) is 36.4 Å². The number of rotatable bonds is 4. The quantitative estimate of drug-likeness (QED) is 0.465. The summed E-state index contributed by atoms with van der Waals surface area (Å²) in [6.07, 6.45) is 0. The van der Waals surface area contributed by atoms with Crippen LogP contribution in [0.3, 0.4) is 0 Å². The first kappa shape index (κ1) is 16.1. The lowest BCUT2D eigenvalue weighted by Gasteiger charge is -2.12. The number of carbonyl (C=O) groups excluding carboxylic acids is 1. The van der Waals surface area contributed by atoms with Gasteiger partial charge in [-0.2, -0.15) is 0 Å². The van der Waals surface area contributed by atoms with Gasteiger partial charge in [0.25, 0.3) is 0 Å². The van der Waals surface area contributed by atoms with Gasteiger partial charge in [-0.15, -0.1) is 0 Å². The second kappa shape index (κ2) is 6.64. The number of nitro groups is 1. The lowest BCUT2D eigenvalue weighted by molar-refractivity contribution is -0.385. The van der Waals surface area contributed by atoms with Crippen LogP contribution in [-0.4, -0.2) is 18.0 Å². The van der Waals surface area contributed by atoms with Crippen LogP contribution in [0.5, 0.6) is 11.5 Å². The zero-order valence-electron chi connectivity index (χ0n) is 11.2. The van der Waals surface area contributed by atoms with Crippen LogP contribution < -0.4 is 4.74 Å². The van der Waals surface area contributed by atoms with Gasteiger partial charge >= 0.3 is 11.7 Å². The summed E-state index contributed by atoms with van der Waals surface area (Å²) in [4.78, 5) is 22.3. The van der Waals surface area contributed by atoms with Gasteiger partial charge in [-0.25, -0.2) is 4.79 Å². The fourth-order valence-electron chi connectivity index (χ4n) is 1.73. The Labute approximate surface area is 135 Å². The molecule has 0 aliphatic carbocycles. The minimum atomic E-state index is -0.826. The van der Waals surface area contributed by atoms with E-state index >= 15 is 0 Å². The van der Waals surface area contributed by atoms with Crippen molar-refractivity contribution in [1.29, 1.82) is 0 Å². The van der Waals surface area contributed by atoms with Crippen LogP contribution in [0.1, 0.15) is 10.4 Å². The Bertz CT molecular complexity index is 734. The molecule has 0 atom stereocenters. The number of para-hydroxylation sites is 1. The number of esters is 1. The number of benzene rings is 2. The molecular formula is C14H9Cl2NO5. The number of halogens is 2. The third-order valence-electron chi connectivity index (χ3n) is 2.70. The van der Waals surface area contributed by atoms with E-state index < -0.39 is 16.6 Å². The Balaban J connectivity index is 2.69. The van der Waals surface area contributed by atoms with Gasteiger partial charge in [-0.3, -0.25) is 10.1 Å². The van der Waals surface area contributed by atoms with E-state index in [9.17, 15) is 14.9 Å². The first-order valence-electron chi connectivity index (χ1n) is 5.93. The second-order valence-electron chi connectivity index (χ2n) is 4.06. The molecule has 22 heavy (non-hydrogen) atoms. The molecule has 0 amide bonds. The van der Waals surface area contributed by atoms with Gasteiger partial charge < -0.3 is 9.47 Å². The molecule has 0 fully saturated rings. The number of hydrogen-bond acceptors (Lipinski definition) is 5. The number of ether oxygens (including phenoxy) is 2. The Morgan fingerprint density at radius 2 is 1.86 bits per heavy atom. The monoisotopic (exact) mass is 341 g/mol. The number of methoxy groups -OCH3 is 1. The summed E-state index contributed by atoms with van der Waals surface area (Å²) in [5, 5.41) is 10.8. The maximum absolute atomic E-state index is 11.8. The fourth-order valence-corrected chi connectivity index (χ4v) is 2.14. The molecule has 0 saturated heterocycles. The molecular weight excluding hydrogens is 333 g/mol. The lowest BCUT2D eigenvalue weighted by Crippen LogP contribution is -2.07. The van der Waals surface area contributed by atoms with Crippen molar-refractivity contribution in [2.45, 2.75) is 0 Å². The van der Waals surface area contributed by atoms with E-state index in [0.717, 1.165) is 7.11 Å². The molecule has 0 N–H and O–H groups in total. The molecule has 6 nitrogen and oxygen atoms in total. The lowest BCUT2D eigenvalue weighted by atomic mass is 10.1. The average Bonchev–Trinajstić information content (AvgIpc) is 2.50. The highest BCUT2D eigenvalue weighted by atomic mass is 35.5. The number of carbonyl (C=O) groups is 1. The predicted molar refractivity (Wildman–Crippen MR) is 81.0 cm³/mol. The molecule has 0 radical (unpaired) electrons. The average molecular weight is 342 g/mol. The van der Waals surface area contributed by atoms with Crippen molar-refractivity contribution in [3.8, 4) is 11.5 Å². The van der Waals surface area contributed by atoms with Crippen LogP contribution in [0.25, 0.3) is 0 Å². The third-order valence-corrected chi connectivity index (χ3v) is 3.48. The van der Waals surface area contributed by atoms with Gasteiger partial charge in [0.15, 0.2) is 0 Å². The summed E-state index contributed by atoms with van der Waals surface area (Å²) in [6, 6.07) is 9.42. The molecule has 0 heterocycles. The molecule has 114 valence electrons. The van der Waals surface area contributed by atoms with Crippen molar-refractivity contribution in [3.63, 3.8) is 0 Å². The zero-order valence-corrected chi connectivity index (χ0v) is 12.7. The highest BCUT2D eigenvalue weighted by Gasteiger charge is 2.30. The summed E-state index contributed by atoms with van der Waals surface area (Å²) in [7, 11) is 1.14. The molecule has 2 rings (SSSR count). The van der Waals surface area contributed by atoms with Crippen LogP contribution in [0, 0.1) is 10.1 Å². The maximum Gasteiger partial charge on any atom is 0.342 e. The molecule has 0 spiro atoms. The van der Waals surface area contributed by atoms with E-state index in [0.29, 0.717) is 5.75 Å². The number of nitro benzene ring substituents is 1. The van der Waals surface area contributed by atoms with Crippen molar-refractivity contribution in [1.82, 2.24) is 0 Å². The molecule has 0 aromatic heterocycles. The second-order valence-corrected chi connectivity index (χ2v) is 4.85. The minimum Gasteiger partial charge on any atom is -0.465 e. The SMILES string of the molecule is COC(=O)c1cc(Cl)c(Cl)c([N+](=O)[O-])c1Oc1ccccc1. The molecule has 0 aliphatic rings. The van der Waals surface area contributed by atoms with Crippen molar-refractivity contribution < 1.29 is 19.2 Å². The fraction of sp³-hybridized carbons (Fsp3) is 0.0714. The molecule has 2 aromatic carbocycles. The van der Waals surface area contributed by atoms with Crippen molar-refractivity contribution in [3.05, 3.63) is 62.1 Å². The molecule has 0 unspecified atom stereocenters. The maximum atomic E-state index is 11.8. The molecule has 0 saturated carbocycles. The van der Waals surface area contributed by atoms with Crippen LogP contribution in [0.2, 0.25) is 10.0 Å². The van der Waals surface area contributed by atoms with E-state index in [4.69, 9.17) is 27.9 Å². The predicted octanol–water partition coefficient (Wildman–Crippen LogP) is 4.48. The molecule has 0 aliphatic heterocycles. The normalized spacial score (nSPS) is 10.1. The van der Waals surface area contributed by atoms with E-state index in [1.54, 1.807) is 30.3 Å².